The van der Waals surface area contributed by atoms with Gasteiger partial charge in [-0.25, -0.2) is 8.42 Å². The number of rotatable bonds is 3. The lowest BCUT2D eigenvalue weighted by atomic mass is 10.1. The topological polar surface area (TPSA) is 123 Å². The molecule has 0 amide bonds. The molecule has 0 spiro atoms. The summed E-state index contributed by atoms with van der Waals surface area (Å²) in [4.78, 5) is 27.2. The first kappa shape index (κ1) is 19.1. The SMILES string of the molecule is CCC(=O)O.O=c1[nH]c2ccc(S(=O)(=O)N3CCCC3)cc2c2cc[nH]c12. The third-order valence-corrected chi connectivity index (χ3v) is 6.40. The summed E-state index contributed by atoms with van der Waals surface area (Å²) in [6.45, 7) is 2.75. The highest BCUT2D eigenvalue weighted by Crippen LogP contribution is 2.26. The zero-order chi connectivity index (χ0) is 19.6. The number of hydrogen-bond acceptors (Lipinski definition) is 4. The molecule has 2 aromatic heterocycles. The van der Waals surface area contributed by atoms with Crippen LogP contribution >= 0.6 is 0 Å². The van der Waals surface area contributed by atoms with Gasteiger partial charge in [0.25, 0.3) is 5.56 Å². The van der Waals surface area contributed by atoms with E-state index in [9.17, 15) is 18.0 Å². The lowest BCUT2D eigenvalue weighted by molar-refractivity contribution is -0.136. The van der Waals surface area contributed by atoms with Crippen LogP contribution in [0.15, 0.2) is 40.2 Å². The minimum atomic E-state index is -3.46. The molecule has 8 nitrogen and oxygen atoms in total. The molecular weight excluding hydrogens is 370 g/mol. The highest BCUT2D eigenvalue weighted by Gasteiger charge is 2.27. The van der Waals surface area contributed by atoms with Crippen molar-refractivity contribution in [1.29, 1.82) is 0 Å². The van der Waals surface area contributed by atoms with Crippen LogP contribution in [0.25, 0.3) is 21.8 Å². The molecule has 144 valence electrons. The number of nitrogens with one attached hydrogen (secondary N) is 2. The van der Waals surface area contributed by atoms with Gasteiger partial charge in [-0.15, -0.1) is 0 Å². The van der Waals surface area contributed by atoms with Gasteiger partial charge in [0, 0.05) is 42.0 Å². The van der Waals surface area contributed by atoms with Gasteiger partial charge in [-0.3, -0.25) is 9.59 Å². The van der Waals surface area contributed by atoms with Crippen LogP contribution in [0.4, 0.5) is 0 Å². The Morgan fingerprint density at radius 1 is 1.19 bits per heavy atom. The highest BCUT2D eigenvalue weighted by atomic mass is 32.2. The van der Waals surface area contributed by atoms with Crippen LogP contribution in [0, 0.1) is 0 Å². The maximum Gasteiger partial charge on any atom is 0.303 e. The van der Waals surface area contributed by atoms with E-state index in [0.29, 0.717) is 24.1 Å². The molecule has 0 unspecified atom stereocenters. The van der Waals surface area contributed by atoms with Gasteiger partial charge in [-0.1, -0.05) is 6.92 Å². The molecule has 1 aromatic carbocycles. The van der Waals surface area contributed by atoms with Gasteiger partial charge in [-0.2, -0.15) is 4.31 Å². The first-order valence-electron chi connectivity index (χ1n) is 8.69. The summed E-state index contributed by atoms with van der Waals surface area (Å²) in [5.74, 6) is -0.745. The van der Waals surface area contributed by atoms with Crippen molar-refractivity contribution in [3.05, 3.63) is 40.8 Å². The second-order valence-electron chi connectivity index (χ2n) is 6.29. The second kappa shape index (κ2) is 7.53. The number of carboxylic acid groups (broad SMARTS) is 1. The van der Waals surface area contributed by atoms with Gasteiger partial charge in [0.05, 0.1) is 4.90 Å². The summed E-state index contributed by atoms with van der Waals surface area (Å²) in [7, 11) is -3.46. The lowest BCUT2D eigenvalue weighted by Crippen LogP contribution is -2.27. The van der Waals surface area contributed by atoms with E-state index in [1.165, 1.54) is 4.31 Å². The van der Waals surface area contributed by atoms with Crippen molar-refractivity contribution in [2.24, 2.45) is 0 Å². The Bertz CT molecular complexity index is 1140. The number of hydrogen-bond donors (Lipinski definition) is 3. The molecule has 0 radical (unpaired) electrons. The number of carboxylic acids is 1. The number of carbonyl (C=O) groups is 1. The summed E-state index contributed by atoms with van der Waals surface area (Å²) in [5.41, 5.74) is 0.892. The molecule has 1 fully saturated rings. The fourth-order valence-electron chi connectivity index (χ4n) is 3.06. The van der Waals surface area contributed by atoms with Crippen molar-refractivity contribution in [3.8, 4) is 0 Å². The fraction of sp³-hybridized carbons (Fsp3) is 0.333. The molecule has 1 aliphatic heterocycles. The standard InChI is InChI=1S/C15H15N3O3S.C3H6O2/c19-15-14-11(5-6-16-14)12-9-10(3-4-13(12)17-15)22(20,21)18-7-1-2-8-18;1-2-3(4)5/h3-6,9,16H,1-2,7-8H2,(H,17,19);2H2,1H3,(H,4,5). The van der Waals surface area contributed by atoms with E-state index in [4.69, 9.17) is 5.11 Å². The minimum absolute atomic E-state index is 0.206. The van der Waals surface area contributed by atoms with Crippen molar-refractivity contribution >= 4 is 37.8 Å². The Labute approximate surface area is 155 Å². The quantitative estimate of drug-likeness (QED) is 0.632. The number of aliphatic carboxylic acids is 1. The summed E-state index contributed by atoms with van der Waals surface area (Å²) < 4.78 is 26.9. The van der Waals surface area contributed by atoms with Crippen LogP contribution in [0.1, 0.15) is 26.2 Å². The minimum Gasteiger partial charge on any atom is -0.481 e. The molecule has 3 N–H and O–H groups in total. The number of H-pyrrole nitrogens is 2. The van der Waals surface area contributed by atoms with Crippen LogP contribution < -0.4 is 5.56 Å². The Kier molecular flexibility index (Phi) is 5.33. The smallest absolute Gasteiger partial charge is 0.303 e. The Balaban J connectivity index is 0.000000376. The van der Waals surface area contributed by atoms with Crippen molar-refractivity contribution in [1.82, 2.24) is 14.3 Å². The predicted octanol–water partition coefficient (Wildman–Crippen LogP) is 2.27. The number of fused-ring (bicyclic) bond motifs is 3. The molecule has 3 heterocycles. The number of sulfonamides is 1. The van der Waals surface area contributed by atoms with Gasteiger partial charge in [-0.05, 0) is 37.1 Å². The number of aromatic amines is 2. The average molecular weight is 391 g/mol. The van der Waals surface area contributed by atoms with Gasteiger partial charge in [0.1, 0.15) is 5.52 Å². The van der Waals surface area contributed by atoms with Gasteiger partial charge in [0.2, 0.25) is 10.0 Å². The third-order valence-electron chi connectivity index (χ3n) is 4.51. The molecule has 27 heavy (non-hydrogen) atoms. The van der Waals surface area contributed by atoms with Gasteiger partial charge >= 0.3 is 5.97 Å². The van der Waals surface area contributed by atoms with Crippen molar-refractivity contribution in [3.63, 3.8) is 0 Å². The average Bonchev–Trinajstić information content (AvgIpc) is 3.34. The molecule has 9 heteroatoms. The van der Waals surface area contributed by atoms with Crippen LogP contribution in [0.2, 0.25) is 0 Å². The first-order chi connectivity index (χ1) is 12.8. The number of benzene rings is 1. The van der Waals surface area contributed by atoms with Crippen LogP contribution in [-0.2, 0) is 14.8 Å². The lowest BCUT2D eigenvalue weighted by Gasteiger charge is -2.15. The largest absolute Gasteiger partial charge is 0.481 e. The second-order valence-corrected chi connectivity index (χ2v) is 8.22. The molecule has 0 saturated carbocycles. The Morgan fingerprint density at radius 3 is 2.48 bits per heavy atom. The third kappa shape index (κ3) is 3.74. The van der Waals surface area contributed by atoms with Gasteiger partial charge < -0.3 is 15.1 Å². The Hall–Kier alpha value is -2.65. The molecule has 4 rings (SSSR count). The highest BCUT2D eigenvalue weighted by molar-refractivity contribution is 7.89. The van der Waals surface area contributed by atoms with E-state index in [1.54, 1.807) is 37.4 Å². The zero-order valence-corrected chi connectivity index (χ0v) is 15.7. The summed E-state index contributed by atoms with van der Waals surface area (Å²) in [6.07, 6.45) is 3.71. The van der Waals surface area contributed by atoms with E-state index < -0.39 is 16.0 Å². The normalized spacial score (nSPS) is 15.0. The van der Waals surface area contributed by atoms with Crippen molar-refractivity contribution < 1.29 is 18.3 Å². The van der Waals surface area contributed by atoms with Crippen LogP contribution in [-0.4, -0.2) is 46.9 Å². The van der Waals surface area contributed by atoms with E-state index >= 15 is 0 Å². The van der Waals surface area contributed by atoms with E-state index in [0.717, 1.165) is 23.6 Å². The number of nitrogens with zero attached hydrogens (tertiary/aromatic N) is 1. The van der Waals surface area contributed by atoms with Gasteiger partial charge in [0.15, 0.2) is 0 Å². The summed E-state index contributed by atoms with van der Waals surface area (Å²) >= 11 is 0. The summed E-state index contributed by atoms with van der Waals surface area (Å²) in [6, 6.07) is 6.66. The van der Waals surface area contributed by atoms with E-state index in [1.807, 2.05) is 0 Å². The molecule has 1 saturated heterocycles. The number of aromatic nitrogens is 2. The fourth-order valence-corrected chi connectivity index (χ4v) is 4.60. The molecule has 0 atom stereocenters. The molecule has 0 aliphatic carbocycles. The maximum absolute atomic E-state index is 12.7. The van der Waals surface area contributed by atoms with E-state index in [-0.39, 0.29) is 16.9 Å². The maximum atomic E-state index is 12.7. The van der Waals surface area contributed by atoms with Crippen molar-refractivity contribution in [2.45, 2.75) is 31.1 Å². The molecule has 0 bridgehead atoms. The summed E-state index contributed by atoms with van der Waals surface area (Å²) in [5, 5.41) is 9.19. The molecular formula is C18H21N3O5S. The van der Waals surface area contributed by atoms with Crippen molar-refractivity contribution in [2.75, 3.05) is 13.1 Å². The predicted molar refractivity (Wildman–Crippen MR) is 102 cm³/mol. The monoisotopic (exact) mass is 391 g/mol. The first-order valence-corrected chi connectivity index (χ1v) is 10.1. The molecule has 1 aliphatic rings. The van der Waals surface area contributed by atoms with E-state index in [2.05, 4.69) is 9.97 Å². The van der Waals surface area contributed by atoms with Crippen LogP contribution in [0.3, 0.4) is 0 Å². The van der Waals surface area contributed by atoms with Crippen LogP contribution in [0.5, 0.6) is 0 Å². The zero-order valence-electron chi connectivity index (χ0n) is 14.9. The molecule has 3 aromatic rings. The Morgan fingerprint density at radius 2 is 1.85 bits per heavy atom. The number of pyridine rings is 1.